The summed E-state index contributed by atoms with van der Waals surface area (Å²) >= 11 is 1.40. The van der Waals surface area contributed by atoms with E-state index in [0.29, 0.717) is 6.42 Å². The molecule has 6 nitrogen and oxygen atoms in total. The van der Waals surface area contributed by atoms with Crippen LogP contribution in [0.5, 0.6) is 5.75 Å². The van der Waals surface area contributed by atoms with Gasteiger partial charge in [-0.15, -0.1) is 10.2 Å². The molecule has 1 N–H and O–H groups in total. The van der Waals surface area contributed by atoms with Crippen LogP contribution in [0.1, 0.15) is 29.4 Å². The highest BCUT2D eigenvalue weighted by molar-refractivity contribution is 7.99. The number of hydrogen-bond acceptors (Lipinski definition) is 5. The van der Waals surface area contributed by atoms with Crippen molar-refractivity contribution in [1.82, 2.24) is 14.8 Å². The molecule has 1 aromatic heterocycles. The molecule has 0 saturated carbocycles. The minimum atomic E-state index is -0.0550. The summed E-state index contributed by atoms with van der Waals surface area (Å²) in [5.41, 5.74) is 4.31. The molecule has 152 valence electrons. The van der Waals surface area contributed by atoms with Crippen LogP contribution in [0.15, 0.2) is 47.6 Å². The smallest absolute Gasteiger partial charge is 0.234 e. The Balaban J connectivity index is 1.61. The highest BCUT2D eigenvalue weighted by Gasteiger charge is 2.14. The maximum atomic E-state index is 12.3. The lowest BCUT2D eigenvalue weighted by molar-refractivity contribution is -0.113. The molecular formula is C22H26N4O2S. The summed E-state index contributed by atoms with van der Waals surface area (Å²) in [4.78, 5) is 12.3. The summed E-state index contributed by atoms with van der Waals surface area (Å²) in [6, 6.07) is 13.8. The minimum absolute atomic E-state index is 0.0550. The van der Waals surface area contributed by atoms with E-state index in [2.05, 4.69) is 33.9 Å². The number of aryl methyl sites for hydroxylation is 2. The molecule has 0 radical (unpaired) electrons. The second-order valence-corrected chi connectivity index (χ2v) is 7.75. The molecule has 0 aliphatic carbocycles. The summed E-state index contributed by atoms with van der Waals surface area (Å²) in [5.74, 6) is 1.94. The first-order chi connectivity index (χ1) is 14.0. The SMILES string of the molecule is CCn1c(Cc2ccc(OC)cc2)nnc1SCC(=O)Nc1ccc(C)c(C)c1. The number of hydrogen-bond donors (Lipinski definition) is 1. The first kappa shape index (κ1) is 20.9. The molecule has 0 saturated heterocycles. The fraction of sp³-hybridized carbons (Fsp3) is 0.318. The summed E-state index contributed by atoms with van der Waals surface area (Å²) < 4.78 is 7.26. The van der Waals surface area contributed by atoms with E-state index >= 15 is 0 Å². The van der Waals surface area contributed by atoms with Crippen LogP contribution in [0.25, 0.3) is 0 Å². The number of thioether (sulfide) groups is 1. The monoisotopic (exact) mass is 410 g/mol. The highest BCUT2D eigenvalue weighted by Crippen LogP contribution is 2.21. The molecule has 3 aromatic rings. The molecule has 1 amide bonds. The molecule has 29 heavy (non-hydrogen) atoms. The maximum Gasteiger partial charge on any atom is 0.234 e. The normalized spacial score (nSPS) is 10.8. The zero-order valence-corrected chi connectivity index (χ0v) is 18.0. The number of anilines is 1. The van der Waals surface area contributed by atoms with Crippen molar-refractivity contribution in [1.29, 1.82) is 0 Å². The summed E-state index contributed by atoms with van der Waals surface area (Å²) in [6.07, 6.45) is 0.681. The Labute approximate surface area is 175 Å². The molecule has 0 aliphatic rings. The Morgan fingerprint density at radius 2 is 1.86 bits per heavy atom. The number of methoxy groups -OCH3 is 1. The van der Waals surface area contributed by atoms with Crippen molar-refractivity contribution in [2.45, 2.75) is 38.9 Å². The Morgan fingerprint density at radius 1 is 1.10 bits per heavy atom. The van der Waals surface area contributed by atoms with Gasteiger partial charge in [-0.05, 0) is 61.7 Å². The van der Waals surface area contributed by atoms with Crippen molar-refractivity contribution in [3.8, 4) is 5.75 Å². The molecule has 3 rings (SSSR count). The van der Waals surface area contributed by atoms with Gasteiger partial charge in [0.05, 0.1) is 12.9 Å². The Bertz CT molecular complexity index is 983. The highest BCUT2D eigenvalue weighted by atomic mass is 32.2. The van der Waals surface area contributed by atoms with Gasteiger partial charge >= 0.3 is 0 Å². The molecule has 0 aliphatic heterocycles. The zero-order valence-electron chi connectivity index (χ0n) is 17.2. The fourth-order valence-electron chi connectivity index (χ4n) is 2.95. The summed E-state index contributed by atoms with van der Waals surface area (Å²) in [5, 5.41) is 12.3. The quantitative estimate of drug-likeness (QED) is 0.563. The van der Waals surface area contributed by atoms with E-state index in [4.69, 9.17) is 4.74 Å². The van der Waals surface area contributed by atoms with E-state index < -0.39 is 0 Å². The first-order valence-corrected chi connectivity index (χ1v) is 10.5. The lowest BCUT2D eigenvalue weighted by Crippen LogP contribution is -2.15. The van der Waals surface area contributed by atoms with Crippen LogP contribution in [0, 0.1) is 13.8 Å². The minimum Gasteiger partial charge on any atom is -0.497 e. The number of nitrogens with zero attached hydrogens (tertiary/aromatic N) is 3. The average Bonchev–Trinajstić information content (AvgIpc) is 3.11. The third-order valence-corrected chi connectivity index (χ3v) is 5.72. The van der Waals surface area contributed by atoms with Crippen molar-refractivity contribution in [3.05, 3.63) is 65.0 Å². The number of benzene rings is 2. The standard InChI is InChI=1S/C22H26N4O2S/c1-5-26-20(13-17-7-10-19(28-4)11-8-17)24-25-22(26)29-14-21(27)23-18-9-6-15(2)16(3)12-18/h6-12H,5,13-14H2,1-4H3,(H,23,27). The molecule has 1 heterocycles. The van der Waals surface area contributed by atoms with Gasteiger partial charge in [0.2, 0.25) is 5.91 Å². The van der Waals surface area contributed by atoms with Crippen molar-refractivity contribution in [2.24, 2.45) is 0 Å². The van der Waals surface area contributed by atoms with Crippen LogP contribution in [-0.2, 0) is 17.8 Å². The predicted octanol–water partition coefficient (Wildman–Crippen LogP) is 4.25. The third kappa shape index (κ3) is 5.38. The average molecular weight is 411 g/mol. The fourth-order valence-corrected chi connectivity index (χ4v) is 3.77. The number of ether oxygens (including phenoxy) is 1. The van der Waals surface area contributed by atoms with Crippen LogP contribution in [0.4, 0.5) is 5.69 Å². The Hall–Kier alpha value is -2.80. The number of rotatable bonds is 8. The first-order valence-electron chi connectivity index (χ1n) is 9.55. The second-order valence-electron chi connectivity index (χ2n) is 6.80. The third-order valence-electron chi connectivity index (χ3n) is 4.75. The lowest BCUT2D eigenvalue weighted by atomic mass is 10.1. The van der Waals surface area contributed by atoms with E-state index in [0.717, 1.165) is 40.1 Å². The van der Waals surface area contributed by atoms with Crippen molar-refractivity contribution in [2.75, 3.05) is 18.2 Å². The summed E-state index contributed by atoms with van der Waals surface area (Å²) in [7, 11) is 1.66. The van der Waals surface area contributed by atoms with E-state index in [1.165, 1.54) is 17.3 Å². The number of amides is 1. The van der Waals surface area contributed by atoms with E-state index in [9.17, 15) is 4.79 Å². The molecule has 0 atom stereocenters. The van der Waals surface area contributed by atoms with Crippen molar-refractivity contribution >= 4 is 23.4 Å². The second kappa shape index (κ2) is 9.60. The van der Waals surface area contributed by atoms with E-state index in [1.807, 2.05) is 49.4 Å². The molecule has 7 heteroatoms. The van der Waals surface area contributed by atoms with Crippen LogP contribution >= 0.6 is 11.8 Å². The van der Waals surface area contributed by atoms with Gasteiger partial charge < -0.3 is 14.6 Å². The van der Waals surface area contributed by atoms with Crippen molar-refractivity contribution < 1.29 is 9.53 Å². The van der Waals surface area contributed by atoms with Gasteiger partial charge in [-0.1, -0.05) is 30.0 Å². The topological polar surface area (TPSA) is 69.0 Å². The van der Waals surface area contributed by atoms with Gasteiger partial charge in [0.25, 0.3) is 0 Å². The van der Waals surface area contributed by atoms with Crippen LogP contribution < -0.4 is 10.1 Å². The van der Waals surface area contributed by atoms with Gasteiger partial charge in [0.1, 0.15) is 11.6 Å². The number of carbonyl (C=O) groups excluding carboxylic acids is 1. The number of aromatic nitrogens is 3. The van der Waals surface area contributed by atoms with Crippen LogP contribution in [0.2, 0.25) is 0 Å². The molecule has 0 bridgehead atoms. The molecule has 0 spiro atoms. The molecular weight excluding hydrogens is 384 g/mol. The van der Waals surface area contributed by atoms with Crippen LogP contribution in [0.3, 0.4) is 0 Å². The van der Waals surface area contributed by atoms with Crippen molar-refractivity contribution in [3.63, 3.8) is 0 Å². The summed E-state index contributed by atoms with van der Waals surface area (Å²) in [6.45, 7) is 6.89. The maximum absolute atomic E-state index is 12.3. The van der Waals surface area contributed by atoms with Gasteiger partial charge in [-0.25, -0.2) is 0 Å². The zero-order chi connectivity index (χ0) is 20.8. The molecule has 0 fully saturated rings. The van der Waals surface area contributed by atoms with E-state index in [-0.39, 0.29) is 11.7 Å². The number of nitrogens with one attached hydrogen (secondary N) is 1. The molecule has 0 unspecified atom stereocenters. The Morgan fingerprint density at radius 3 is 2.52 bits per heavy atom. The largest absolute Gasteiger partial charge is 0.497 e. The van der Waals surface area contributed by atoms with Gasteiger partial charge in [-0.3, -0.25) is 4.79 Å². The van der Waals surface area contributed by atoms with Gasteiger partial charge in [0, 0.05) is 18.7 Å². The van der Waals surface area contributed by atoms with E-state index in [1.54, 1.807) is 7.11 Å². The van der Waals surface area contributed by atoms with Crippen LogP contribution in [-0.4, -0.2) is 33.5 Å². The molecule has 2 aromatic carbocycles. The predicted molar refractivity (Wildman–Crippen MR) is 117 cm³/mol. The lowest BCUT2D eigenvalue weighted by Gasteiger charge is -2.09. The number of carbonyl (C=O) groups is 1. The van der Waals surface area contributed by atoms with Gasteiger partial charge in [0.15, 0.2) is 5.16 Å². The Kier molecular flexibility index (Phi) is 6.93. The van der Waals surface area contributed by atoms with Gasteiger partial charge in [-0.2, -0.15) is 0 Å².